The Morgan fingerprint density at radius 2 is 1.40 bits per heavy atom. The molecule has 0 spiro atoms. The maximum atomic E-state index is 12.8. The molecule has 0 aliphatic carbocycles. The number of nitrogens with one attached hydrogen (secondary N) is 2. The number of carbonyl (C=O) groups is 2. The quantitative estimate of drug-likeness (QED) is 0.146. The molecular formula is C27H23N3O5. The van der Waals surface area contributed by atoms with Gasteiger partial charge in [-0.1, -0.05) is 24.0 Å². The number of hydroxylamine groups is 1. The third-order valence-corrected chi connectivity index (χ3v) is 5.20. The number of hydrogen-bond donors (Lipinski definition) is 6. The highest BCUT2D eigenvalue weighted by atomic mass is 16.5. The van der Waals surface area contributed by atoms with Gasteiger partial charge in [0.2, 0.25) is 0 Å². The van der Waals surface area contributed by atoms with Crippen LogP contribution < -0.4 is 16.5 Å². The lowest BCUT2D eigenvalue weighted by Gasteiger charge is -2.32. The van der Waals surface area contributed by atoms with E-state index < -0.39 is 23.5 Å². The van der Waals surface area contributed by atoms with E-state index in [0.717, 1.165) is 5.56 Å². The zero-order valence-corrected chi connectivity index (χ0v) is 18.7. The summed E-state index contributed by atoms with van der Waals surface area (Å²) in [5, 5.41) is 32.0. The predicted octanol–water partition coefficient (Wildman–Crippen LogP) is 1.89. The Labute approximate surface area is 202 Å². The second-order valence-electron chi connectivity index (χ2n) is 7.78. The Balaban J connectivity index is 1.73. The van der Waals surface area contributed by atoms with Crippen LogP contribution in [0.3, 0.4) is 0 Å². The van der Waals surface area contributed by atoms with Crippen molar-refractivity contribution in [3.8, 4) is 29.4 Å². The van der Waals surface area contributed by atoms with Crippen LogP contribution in [0.2, 0.25) is 0 Å². The lowest BCUT2D eigenvalue weighted by atomic mass is 9.87. The number of phenols is 1. The number of aliphatic hydroxyl groups is 1. The monoisotopic (exact) mass is 469 g/mol. The molecule has 176 valence electrons. The summed E-state index contributed by atoms with van der Waals surface area (Å²) in [6.07, 6.45) is 0. The molecule has 0 fully saturated rings. The van der Waals surface area contributed by atoms with E-state index >= 15 is 0 Å². The highest BCUT2D eigenvalue weighted by Crippen LogP contribution is 2.27. The molecule has 2 amide bonds. The number of benzene rings is 3. The molecule has 0 aliphatic rings. The van der Waals surface area contributed by atoms with Crippen LogP contribution in [-0.4, -0.2) is 33.3 Å². The van der Waals surface area contributed by atoms with E-state index in [1.54, 1.807) is 36.4 Å². The molecule has 8 heteroatoms. The van der Waals surface area contributed by atoms with Crippen molar-refractivity contribution in [3.63, 3.8) is 0 Å². The van der Waals surface area contributed by atoms with Crippen LogP contribution >= 0.6 is 0 Å². The standard InChI is InChI=1S/C27H23N3O5/c1-27(34,21-12-16-23(31)17-13-21)24(26(33)30-35)29-25(32)20-10-6-18(7-11-20)4-2-3-5-19-8-14-22(28)15-9-19/h6-17,24,31,34-35H,28H2,1H3,(H,29,32)(H,30,33)/t24-,27?/m1/s1. The van der Waals surface area contributed by atoms with Crippen LogP contribution in [-0.2, 0) is 10.4 Å². The second-order valence-corrected chi connectivity index (χ2v) is 7.78. The van der Waals surface area contributed by atoms with E-state index in [0.29, 0.717) is 11.3 Å². The fraction of sp³-hybridized carbons (Fsp3) is 0.111. The van der Waals surface area contributed by atoms with Crippen molar-refractivity contribution in [1.29, 1.82) is 0 Å². The van der Waals surface area contributed by atoms with Gasteiger partial charge in [0.25, 0.3) is 11.8 Å². The molecule has 35 heavy (non-hydrogen) atoms. The van der Waals surface area contributed by atoms with Gasteiger partial charge in [-0.2, -0.15) is 0 Å². The molecule has 3 aromatic carbocycles. The summed E-state index contributed by atoms with van der Waals surface area (Å²) in [5.41, 5.74) is 7.71. The number of phenolic OH excluding ortho intramolecular Hbond substituents is 1. The lowest BCUT2D eigenvalue weighted by Crippen LogP contribution is -2.57. The average Bonchev–Trinajstić information content (AvgIpc) is 2.86. The Morgan fingerprint density at radius 3 is 1.91 bits per heavy atom. The van der Waals surface area contributed by atoms with Crippen LogP contribution in [0.1, 0.15) is 34.0 Å². The third-order valence-electron chi connectivity index (χ3n) is 5.20. The maximum absolute atomic E-state index is 12.8. The number of carbonyl (C=O) groups excluding carboxylic acids is 2. The molecule has 1 unspecified atom stereocenters. The SMILES string of the molecule is CC(O)(c1ccc(O)cc1)[C@H](NC(=O)c1ccc(C#CC#Cc2ccc(N)cc2)cc1)C(=O)NO. The normalized spacial score (nSPS) is 12.5. The highest BCUT2D eigenvalue weighted by Gasteiger charge is 2.40. The molecule has 2 atom stereocenters. The smallest absolute Gasteiger partial charge is 0.269 e. The zero-order valence-electron chi connectivity index (χ0n) is 18.7. The number of rotatable bonds is 5. The summed E-state index contributed by atoms with van der Waals surface area (Å²) in [5.74, 6) is 9.56. The first-order valence-electron chi connectivity index (χ1n) is 10.4. The predicted molar refractivity (Wildman–Crippen MR) is 130 cm³/mol. The van der Waals surface area contributed by atoms with Crippen LogP contribution in [0.5, 0.6) is 5.75 Å². The summed E-state index contributed by atoms with van der Waals surface area (Å²) < 4.78 is 0. The molecule has 7 N–H and O–H groups in total. The number of amides is 2. The van der Waals surface area contributed by atoms with Gasteiger partial charge in [-0.3, -0.25) is 14.8 Å². The summed E-state index contributed by atoms with van der Waals surface area (Å²) in [6, 6.07) is 17.3. The number of nitrogen functional groups attached to an aromatic ring is 1. The fourth-order valence-electron chi connectivity index (χ4n) is 3.18. The van der Waals surface area contributed by atoms with Crippen molar-refractivity contribution < 1.29 is 25.0 Å². The molecule has 0 saturated carbocycles. The Bertz CT molecular complexity index is 1320. The first-order valence-corrected chi connectivity index (χ1v) is 10.4. The van der Waals surface area contributed by atoms with Crippen molar-refractivity contribution in [3.05, 3.63) is 95.1 Å². The van der Waals surface area contributed by atoms with Gasteiger partial charge in [-0.05, 0) is 85.0 Å². The van der Waals surface area contributed by atoms with E-state index in [1.165, 1.54) is 48.8 Å². The third kappa shape index (κ3) is 6.40. The summed E-state index contributed by atoms with van der Waals surface area (Å²) in [4.78, 5) is 25.0. The first kappa shape index (κ1) is 24.9. The van der Waals surface area contributed by atoms with Gasteiger partial charge in [0.15, 0.2) is 0 Å². The van der Waals surface area contributed by atoms with Gasteiger partial charge in [-0.15, -0.1) is 0 Å². The van der Waals surface area contributed by atoms with Crippen LogP contribution in [0.15, 0.2) is 72.8 Å². The van der Waals surface area contributed by atoms with Crippen LogP contribution in [0.4, 0.5) is 5.69 Å². The van der Waals surface area contributed by atoms with Crippen molar-refractivity contribution in [2.75, 3.05) is 5.73 Å². The lowest BCUT2D eigenvalue weighted by molar-refractivity contribution is -0.138. The van der Waals surface area contributed by atoms with Crippen molar-refractivity contribution in [2.24, 2.45) is 0 Å². The van der Waals surface area contributed by atoms with Gasteiger partial charge in [-0.25, -0.2) is 5.48 Å². The first-order chi connectivity index (χ1) is 16.7. The number of aromatic hydroxyl groups is 1. The summed E-state index contributed by atoms with van der Waals surface area (Å²) in [7, 11) is 0. The Kier molecular flexibility index (Phi) is 7.75. The van der Waals surface area contributed by atoms with E-state index in [-0.39, 0.29) is 16.9 Å². The number of nitrogens with two attached hydrogens (primary N) is 1. The van der Waals surface area contributed by atoms with Crippen LogP contribution in [0, 0.1) is 23.7 Å². The maximum Gasteiger partial charge on any atom is 0.269 e. The molecule has 8 nitrogen and oxygen atoms in total. The minimum Gasteiger partial charge on any atom is -0.508 e. The average molecular weight is 469 g/mol. The molecule has 0 aliphatic heterocycles. The van der Waals surface area contributed by atoms with Crippen molar-refractivity contribution in [1.82, 2.24) is 10.8 Å². The van der Waals surface area contributed by atoms with Gasteiger partial charge in [0.1, 0.15) is 17.4 Å². The van der Waals surface area contributed by atoms with Crippen molar-refractivity contribution >= 4 is 17.5 Å². The zero-order chi connectivity index (χ0) is 25.4. The molecule has 3 aromatic rings. The minimum atomic E-state index is -1.90. The van der Waals surface area contributed by atoms with E-state index in [9.17, 15) is 19.8 Å². The molecule has 0 aromatic heterocycles. The van der Waals surface area contributed by atoms with Gasteiger partial charge in [0, 0.05) is 22.4 Å². The number of hydrogen-bond acceptors (Lipinski definition) is 6. The van der Waals surface area contributed by atoms with Gasteiger partial charge < -0.3 is 21.3 Å². The molecule has 0 radical (unpaired) electrons. The fourth-order valence-corrected chi connectivity index (χ4v) is 3.18. The molecular weight excluding hydrogens is 446 g/mol. The van der Waals surface area contributed by atoms with Gasteiger partial charge in [0.05, 0.1) is 0 Å². The topological polar surface area (TPSA) is 145 Å². The molecule has 0 heterocycles. The van der Waals surface area contributed by atoms with Crippen molar-refractivity contribution in [2.45, 2.75) is 18.6 Å². The van der Waals surface area contributed by atoms with E-state index in [4.69, 9.17) is 10.9 Å². The largest absolute Gasteiger partial charge is 0.508 e. The van der Waals surface area contributed by atoms with Crippen LogP contribution in [0.25, 0.3) is 0 Å². The molecule has 0 bridgehead atoms. The van der Waals surface area contributed by atoms with E-state index in [1.807, 2.05) is 0 Å². The van der Waals surface area contributed by atoms with E-state index in [2.05, 4.69) is 29.0 Å². The van der Waals surface area contributed by atoms with Gasteiger partial charge >= 0.3 is 0 Å². The number of anilines is 1. The minimum absolute atomic E-state index is 0.0313. The molecule has 0 saturated heterocycles. The summed E-state index contributed by atoms with van der Waals surface area (Å²) >= 11 is 0. The second kappa shape index (κ2) is 10.9. The highest BCUT2D eigenvalue weighted by molar-refractivity contribution is 5.98. The Hall–Kier alpha value is -4.76. The summed E-state index contributed by atoms with van der Waals surface area (Å²) in [6.45, 7) is 1.31. The molecule has 3 rings (SSSR count). The Morgan fingerprint density at radius 1 is 0.886 bits per heavy atom.